The van der Waals surface area contributed by atoms with Crippen LogP contribution in [-0.4, -0.2) is 19.5 Å². The molecule has 0 radical (unpaired) electrons. The van der Waals surface area contributed by atoms with Crippen molar-refractivity contribution in [3.63, 3.8) is 0 Å². The van der Waals surface area contributed by atoms with Gasteiger partial charge in [0, 0.05) is 33.2 Å². The Morgan fingerprint density at radius 1 is 0.333 bits per heavy atom. The van der Waals surface area contributed by atoms with Gasteiger partial charge in [0.15, 0.2) is 17.5 Å². The Morgan fingerprint density at radius 3 is 1.82 bits per heavy atom. The van der Waals surface area contributed by atoms with Crippen LogP contribution >= 0.6 is 0 Å². The molecule has 4 heteroatoms. The Bertz CT molecular complexity index is 3030. The van der Waals surface area contributed by atoms with E-state index >= 15 is 0 Å². The van der Waals surface area contributed by atoms with Gasteiger partial charge in [0.2, 0.25) is 0 Å². The number of fused-ring (bicyclic) bond motifs is 8. The number of benzene rings is 8. The molecule has 0 atom stereocenters. The summed E-state index contributed by atoms with van der Waals surface area (Å²) in [4.78, 5) is 15.4. The Balaban J connectivity index is 1.13. The Kier molecular flexibility index (Phi) is 5.92. The maximum absolute atomic E-state index is 5.21. The van der Waals surface area contributed by atoms with Gasteiger partial charge >= 0.3 is 0 Å². The van der Waals surface area contributed by atoms with Crippen LogP contribution in [0.25, 0.3) is 105 Å². The maximum atomic E-state index is 5.21. The van der Waals surface area contributed by atoms with Gasteiger partial charge in [-0.05, 0) is 80.2 Å². The summed E-state index contributed by atoms with van der Waals surface area (Å²) in [5.41, 5.74) is 11.2. The van der Waals surface area contributed by atoms with Gasteiger partial charge in [-0.15, -0.1) is 0 Å². The van der Waals surface area contributed by atoms with Gasteiger partial charge in [0.05, 0.1) is 11.0 Å². The summed E-state index contributed by atoms with van der Waals surface area (Å²) in [5.74, 6) is 1.94. The minimum atomic E-state index is 0.637. The first-order valence-electron chi connectivity index (χ1n) is 17.3. The van der Waals surface area contributed by atoms with Crippen molar-refractivity contribution in [3.05, 3.63) is 170 Å². The minimum Gasteiger partial charge on any atom is -0.309 e. The number of hydrogen-bond donors (Lipinski definition) is 0. The number of nitrogens with zero attached hydrogens (tertiary/aromatic N) is 4. The smallest absolute Gasteiger partial charge is 0.164 e. The first-order valence-corrected chi connectivity index (χ1v) is 17.3. The number of hydrogen-bond acceptors (Lipinski definition) is 3. The Morgan fingerprint density at radius 2 is 0.961 bits per heavy atom. The summed E-state index contributed by atoms with van der Waals surface area (Å²) in [5, 5.41) is 7.45. The van der Waals surface area contributed by atoms with E-state index < -0.39 is 0 Å². The molecule has 0 aliphatic heterocycles. The van der Waals surface area contributed by atoms with E-state index in [4.69, 9.17) is 15.0 Å². The van der Waals surface area contributed by atoms with Crippen molar-refractivity contribution in [3.8, 4) is 62.1 Å². The molecule has 11 rings (SSSR count). The summed E-state index contributed by atoms with van der Waals surface area (Å²) in [7, 11) is 0. The van der Waals surface area contributed by atoms with Crippen molar-refractivity contribution in [2.24, 2.45) is 0 Å². The van der Waals surface area contributed by atoms with Crippen LogP contribution in [-0.2, 0) is 0 Å². The Hall–Kier alpha value is -6.91. The molecule has 0 saturated heterocycles. The van der Waals surface area contributed by atoms with Crippen molar-refractivity contribution in [2.75, 3.05) is 0 Å². The van der Waals surface area contributed by atoms with Gasteiger partial charge < -0.3 is 4.57 Å². The summed E-state index contributed by atoms with van der Waals surface area (Å²) < 4.78 is 2.36. The molecule has 0 bridgehead atoms. The van der Waals surface area contributed by atoms with E-state index in [-0.39, 0.29) is 0 Å². The molecule has 2 aromatic heterocycles. The van der Waals surface area contributed by atoms with Crippen LogP contribution in [0, 0.1) is 0 Å². The van der Waals surface area contributed by atoms with Crippen LogP contribution in [0.5, 0.6) is 0 Å². The highest BCUT2D eigenvalue weighted by atomic mass is 15.0. The average Bonchev–Trinajstić information content (AvgIpc) is 3.72. The molecule has 0 unspecified atom stereocenters. The number of para-hydroxylation sites is 1. The van der Waals surface area contributed by atoms with Crippen LogP contribution in [0.3, 0.4) is 0 Å². The van der Waals surface area contributed by atoms with Crippen molar-refractivity contribution in [1.82, 2.24) is 19.5 Å². The molecule has 0 N–H and O–H groups in total. The molecule has 4 nitrogen and oxygen atoms in total. The van der Waals surface area contributed by atoms with E-state index in [1.54, 1.807) is 0 Å². The van der Waals surface area contributed by atoms with Gasteiger partial charge in [-0.25, -0.2) is 15.0 Å². The average molecular weight is 649 g/mol. The van der Waals surface area contributed by atoms with E-state index in [9.17, 15) is 0 Å². The molecule has 1 aliphatic carbocycles. The van der Waals surface area contributed by atoms with Gasteiger partial charge in [0.25, 0.3) is 0 Å². The molecule has 0 spiro atoms. The molecule has 0 saturated carbocycles. The van der Waals surface area contributed by atoms with Crippen molar-refractivity contribution < 1.29 is 0 Å². The van der Waals surface area contributed by atoms with Crippen LogP contribution in [0.1, 0.15) is 0 Å². The molecule has 0 amide bonds. The normalized spacial score (nSPS) is 11.9. The van der Waals surface area contributed by atoms with Gasteiger partial charge in [-0.1, -0.05) is 133 Å². The third-order valence-electron chi connectivity index (χ3n) is 10.3. The lowest BCUT2D eigenvalue weighted by atomic mass is 9.99. The third kappa shape index (κ3) is 4.23. The zero-order valence-corrected chi connectivity index (χ0v) is 27.5. The van der Waals surface area contributed by atoms with Gasteiger partial charge in [-0.2, -0.15) is 0 Å². The summed E-state index contributed by atoms with van der Waals surface area (Å²) in [6, 6.07) is 60.2. The van der Waals surface area contributed by atoms with E-state index in [2.05, 4.69) is 156 Å². The molecule has 0 fully saturated rings. The lowest BCUT2D eigenvalue weighted by Crippen LogP contribution is -2.01. The standard InChI is InChI=1S/C47H28N4/c1-2-13-30(14-3-1)45-48-46(50-47(49-45)33-26-31-15-11-22-38-36-19-6-7-20-37(36)40(28-33)43(31)38)32-16-10-17-34(27-32)51-41-23-9-8-21-39(41)44-35-18-5-4-12-29(35)24-25-42(44)51/h1-28H. The highest BCUT2D eigenvalue weighted by Gasteiger charge is 2.23. The van der Waals surface area contributed by atoms with Crippen LogP contribution in [0.4, 0.5) is 0 Å². The van der Waals surface area contributed by atoms with E-state index in [1.165, 1.54) is 60.1 Å². The topological polar surface area (TPSA) is 43.6 Å². The fraction of sp³-hybridized carbons (Fsp3) is 0. The number of aromatic nitrogens is 4. The minimum absolute atomic E-state index is 0.637. The fourth-order valence-electron chi connectivity index (χ4n) is 8.10. The van der Waals surface area contributed by atoms with E-state index in [0.29, 0.717) is 17.5 Å². The second-order valence-electron chi connectivity index (χ2n) is 13.2. The zero-order valence-electron chi connectivity index (χ0n) is 27.5. The quantitative estimate of drug-likeness (QED) is 0.191. The SMILES string of the molecule is c1ccc(-c2nc(-c3cccc(-n4c5ccccc5c5c6ccccc6ccc54)c3)nc(-c3cc4c5c(cccc5c3)-c3ccccc3-4)n2)cc1. The molecule has 8 aromatic carbocycles. The van der Waals surface area contributed by atoms with Crippen molar-refractivity contribution in [2.45, 2.75) is 0 Å². The second kappa shape index (κ2) is 10.8. The first-order chi connectivity index (χ1) is 25.3. The van der Waals surface area contributed by atoms with Crippen LogP contribution in [0.15, 0.2) is 170 Å². The highest BCUT2D eigenvalue weighted by molar-refractivity contribution is 6.21. The summed E-state index contributed by atoms with van der Waals surface area (Å²) >= 11 is 0. The third-order valence-corrected chi connectivity index (χ3v) is 10.3. The van der Waals surface area contributed by atoms with Gasteiger partial charge in [-0.3, -0.25) is 0 Å². The molecule has 10 aromatic rings. The highest BCUT2D eigenvalue weighted by Crippen LogP contribution is 2.48. The second-order valence-corrected chi connectivity index (χ2v) is 13.2. The summed E-state index contributed by atoms with van der Waals surface area (Å²) in [6.07, 6.45) is 0. The molecule has 1 aliphatic rings. The maximum Gasteiger partial charge on any atom is 0.164 e. The fourth-order valence-corrected chi connectivity index (χ4v) is 8.10. The van der Waals surface area contributed by atoms with Crippen LogP contribution < -0.4 is 0 Å². The first kappa shape index (κ1) is 28.0. The molecular formula is C47H28N4. The van der Waals surface area contributed by atoms with Crippen LogP contribution in [0.2, 0.25) is 0 Å². The molecular weight excluding hydrogens is 621 g/mol. The molecule has 51 heavy (non-hydrogen) atoms. The predicted molar refractivity (Wildman–Crippen MR) is 210 cm³/mol. The summed E-state index contributed by atoms with van der Waals surface area (Å²) in [6.45, 7) is 0. The van der Waals surface area contributed by atoms with E-state index in [1.807, 2.05) is 18.2 Å². The zero-order chi connectivity index (χ0) is 33.5. The van der Waals surface area contributed by atoms with Crippen molar-refractivity contribution >= 4 is 43.4 Å². The monoisotopic (exact) mass is 648 g/mol. The lowest BCUT2D eigenvalue weighted by molar-refractivity contribution is 1.07. The van der Waals surface area contributed by atoms with E-state index in [0.717, 1.165) is 27.9 Å². The number of rotatable bonds is 4. The van der Waals surface area contributed by atoms with Gasteiger partial charge in [0.1, 0.15) is 0 Å². The Labute approximate surface area is 294 Å². The predicted octanol–water partition coefficient (Wildman–Crippen LogP) is 11.9. The lowest BCUT2D eigenvalue weighted by Gasteiger charge is -2.12. The molecule has 2 heterocycles. The molecule has 236 valence electrons. The van der Waals surface area contributed by atoms with Crippen molar-refractivity contribution in [1.29, 1.82) is 0 Å². The largest absolute Gasteiger partial charge is 0.309 e.